The van der Waals surface area contributed by atoms with Crippen molar-refractivity contribution in [3.63, 3.8) is 0 Å². The number of benzene rings is 2. The second-order valence-electron chi connectivity index (χ2n) is 8.23. The number of nitrogens with one attached hydrogen (secondary N) is 2. The molecule has 36 heavy (non-hydrogen) atoms. The Balaban J connectivity index is 1.28. The van der Waals surface area contributed by atoms with Gasteiger partial charge in [-0.15, -0.1) is 11.3 Å². The summed E-state index contributed by atoms with van der Waals surface area (Å²) >= 11 is 2.05. The van der Waals surface area contributed by atoms with E-state index in [0.29, 0.717) is 28.2 Å². The molecule has 4 aromatic rings. The van der Waals surface area contributed by atoms with E-state index in [9.17, 15) is 13.2 Å². The minimum Gasteiger partial charge on any atom is -0.434 e. The van der Waals surface area contributed by atoms with Gasteiger partial charge in [-0.2, -0.15) is 0 Å². The molecule has 0 amide bonds. The molecule has 0 saturated heterocycles. The second kappa shape index (κ2) is 11.2. The zero-order chi connectivity index (χ0) is 24.9. The van der Waals surface area contributed by atoms with Gasteiger partial charge in [0.1, 0.15) is 16.5 Å². The average Bonchev–Trinajstić information content (AvgIpc) is 3.34. The zero-order valence-electron chi connectivity index (χ0n) is 19.0. The van der Waals surface area contributed by atoms with Crippen LogP contribution in [0.4, 0.5) is 24.8 Å². The van der Waals surface area contributed by atoms with E-state index in [2.05, 4.69) is 25.0 Å². The normalized spacial score (nSPS) is 14.0. The molecule has 0 radical (unpaired) electrons. The number of thiazole rings is 1. The quantitative estimate of drug-likeness (QED) is 0.227. The van der Waals surface area contributed by atoms with E-state index < -0.39 is 17.5 Å². The van der Waals surface area contributed by atoms with Gasteiger partial charge in [0.15, 0.2) is 11.6 Å². The van der Waals surface area contributed by atoms with E-state index in [4.69, 9.17) is 4.74 Å². The first-order valence-electron chi connectivity index (χ1n) is 11.4. The Morgan fingerprint density at radius 3 is 2.53 bits per heavy atom. The molecule has 2 aromatic carbocycles. The minimum absolute atomic E-state index is 0.0376. The maximum absolute atomic E-state index is 14.8. The Hall–Kier alpha value is -3.31. The van der Waals surface area contributed by atoms with E-state index in [1.807, 2.05) is 0 Å². The van der Waals surface area contributed by atoms with Crippen molar-refractivity contribution in [2.24, 2.45) is 0 Å². The van der Waals surface area contributed by atoms with Crippen molar-refractivity contribution in [2.75, 3.05) is 10.0 Å². The van der Waals surface area contributed by atoms with Gasteiger partial charge in [0, 0.05) is 24.0 Å². The van der Waals surface area contributed by atoms with E-state index >= 15 is 0 Å². The number of rotatable bonds is 8. The highest BCUT2D eigenvalue weighted by Gasteiger charge is 2.18. The molecule has 6 nitrogen and oxygen atoms in total. The second-order valence-corrected chi connectivity index (χ2v) is 9.90. The standard InChI is InChI=1S/C25H22F3N5OS2/c26-17-7-4-8-18(27)22(17)36-33-16-9-10-21(19(28)13-16)34-24-23(35-14-30-24)20-11-12-29-25(32-20)31-15-5-2-1-3-6-15/h4,7-15,33H,1-3,5-6H2,(H,29,31,32). The molecule has 0 atom stereocenters. The Bertz CT molecular complexity index is 1330. The molecule has 2 heterocycles. The van der Waals surface area contributed by atoms with E-state index in [1.165, 1.54) is 48.8 Å². The van der Waals surface area contributed by atoms with Gasteiger partial charge in [-0.1, -0.05) is 25.3 Å². The lowest BCUT2D eigenvalue weighted by molar-refractivity contribution is 0.431. The minimum atomic E-state index is -0.703. The van der Waals surface area contributed by atoms with Crippen molar-refractivity contribution in [1.29, 1.82) is 0 Å². The summed E-state index contributed by atoms with van der Waals surface area (Å²) in [7, 11) is 0. The highest BCUT2D eigenvalue weighted by molar-refractivity contribution is 8.00. The van der Waals surface area contributed by atoms with Crippen LogP contribution in [0.25, 0.3) is 10.6 Å². The van der Waals surface area contributed by atoms with Crippen molar-refractivity contribution in [2.45, 2.75) is 43.0 Å². The summed E-state index contributed by atoms with van der Waals surface area (Å²) in [6, 6.07) is 9.87. The number of halogens is 3. The number of ether oxygens (including phenoxy) is 1. The number of aromatic nitrogens is 3. The Labute approximate surface area is 214 Å². The SMILES string of the molecule is Fc1cc(NSc2c(F)cccc2F)ccc1Oc1ncsc1-c1ccnc(NC2CCCCC2)n1. The number of hydrogen-bond donors (Lipinski definition) is 2. The van der Waals surface area contributed by atoms with Crippen molar-refractivity contribution in [3.8, 4) is 22.2 Å². The van der Waals surface area contributed by atoms with Gasteiger partial charge in [0.25, 0.3) is 0 Å². The van der Waals surface area contributed by atoms with Gasteiger partial charge in [0.2, 0.25) is 11.8 Å². The summed E-state index contributed by atoms with van der Waals surface area (Å²) < 4.78 is 51.0. The molecular formula is C25H22F3N5OS2. The Morgan fingerprint density at radius 1 is 0.944 bits per heavy atom. The summed E-state index contributed by atoms with van der Waals surface area (Å²) in [5, 5.41) is 3.40. The molecule has 0 bridgehead atoms. The monoisotopic (exact) mass is 529 g/mol. The molecule has 2 aromatic heterocycles. The lowest BCUT2D eigenvalue weighted by Crippen LogP contribution is -2.23. The summed E-state index contributed by atoms with van der Waals surface area (Å²) in [6.45, 7) is 0. The molecule has 5 rings (SSSR count). The van der Waals surface area contributed by atoms with Gasteiger partial charge in [-0.3, -0.25) is 0 Å². The van der Waals surface area contributed by atoms with E-state index in [-0.39, 0.29) is 16.5 Å². The van der Waals surface area contributed by atoms with E-state index in [0.717, 1.165) is 36.9 Å². The molecule has 11 heteroatoms. The molecule has 1 aliphatic carbocycles. The predicted molar refractivity (Wildman–Crippen MR) is 136 cm³/mol. The zero-order valence-corrected chi connectivity index (χ0v) is 20.6. The third-order valence-electron chi connectivity index (χ3n) is 5.69. The molecular weight excluding hydrogens is 507 g/mol. The third kappa shape index (κ3) is 5.73. The number of anilines is 2. The van der Waals surface area contributed by atoms with Crippen LogP contribution in [-0.4, -0.2) is 21.0 Å². The fourth-order valence-electron chi connectivity index (χ4n) is 3.90. The first-order chi connectivity index (χ1) is 17.6. The van der Waals surface area contributed by atoms with Crippen LogP contribution in [0.15, 0.2) is 59.1 Å². The van der Waals surface area contributed by atoms with Crippen LogP contribution in [0.1, 0.15) is 32.1 Å². The van der Waals surface area contributed by atoms with E-state index in [1.54, 1.807) is 23.8 Å². The summed E-state index contributed by atoms with van der Waals surface area (Å²) in [6.07, 6.45) is 7.53. The van der Waals surface area contributed by atoms with Gasteiger partial charge in [-0.05, 0) is 55.1 Å². The third-order valence-corrected chi connectivity index (χ3v) is 7.45. The van der Waals surface area contributed by atoms with Gasteiger partial charge < -0.3 is 14.8 Å². The Kier molecular flexibility index (Phi) is 7.57. The smallest absolute Gasteiger partial charge is 0.239 e. The van der Waals surface area contributed by atoms with Crippen molar-refractivity contribution < 1.29 is 17.9 Å². The highest BCUT2D eigenvalue weighted by Crippen LogP contribution is 2.37. The first kappa shape index (κ1) is 24.4. The van der Waals surface area contributed by atoms with Crippen LogP contribution in [-0.2, 0) is 0 Å². The molecule has 0 unspecified atom stereocenters. The van der Waals surface area contributed by atoms with Crippen molar-refractivity contribution >= 4 is 34.9 Å². The summed E-state index contributed by atoms with van der Waals surface area (Å²) in [5.41, 5.74) is 2.55. The van der Waals surface area contributed by atoms with Crippen LogP contribution in [0.5, 0.6) is 11.6 Å². The maximum atomic E-state index is 14.8. The van der Waals surface area contributed by atoms with Crippen LogP contribution in [0.3, 0.4) is 0 Å². The summed E-state index contributed by atoms with van der Waals surface area (Å²) in [5.74, 6) is -1.33. The molecule has 1 saturated carbocycles. The topological polar surface area (TPSA) is 72.0 Å². The van der Waals surface area contributed by atoms with Gasteiger partial charge in [0.05, 0.1) is 16.1 Å². The maximum Gasteiger partial charge on any atom is 0.239 e. The van der Waals surface area contributed by atoms with Crippen molar-refractivity contribution in [1.82, 2.24) is 15.0 Å². The van der Waals surface area contributed by atoms with Gasteiger partial charge in [-0.25, -0.2) is 28.1 Å². The van der Waals surface area contributed by atoms with Crippen LogP contribution in [0, 0.1) is 17.5 Å². The number of nitrogens with zero attached hydrogens (tertiary/aromatic N) is 3. The molecule has 1 aliphatic rings. The molecule has 186 valence electrons. The van der Waals surface area contributed by atoms with Crippen LogP contribution >= 0.6 is 23.3 Å². The first-order valence-corrected chi connectivity index (χ1v) is 13.1. The molecule has 0 spiro atoms. The molecule has 1 fully saturated rings. The van der Waals surface area contributed by atoms with Crippen LogP contribution in [0.2, 0.25) is 0 Å². The van der Waals surface area contributed by atoms with Gasteiger partial charge >= 0.3 is 0 Å². The average molecular weight is 530 g/mol. The fraction of sp³-hybridized carbons (Fsp3) is 0.240. The molecule has 2 N–H and O–H groups in total. The lowest BCUT2D eigenvalue weighted by atomic mass is 9.96. The predicted octanol–water partition coefficient (Wildman–Crippen LogP) is 7.67. The highest BCUT2D eigenvalue weighted by atomic mass is 32.2. The number of hydrogen-bond acceptors (Lipinski definition) is 8. The fourth-order valence-corrected chi connectivity index (χ4v) is 5.27. The van der Waals surface area contributed by atoms with Crippen molar-refractivity contribution in [3.05, 3.63) is 71.6 Å². The summed E-state index contributed by atoms with van der Waals surface area (Å²) in [4.78, 5) is 13.6. The van der Waals surface area contributed by atoms with Crippen LogP contribution < -0.4 is 14.8 Å². The lowest BCUT2D eigenvalue weighted by Gasteiger charge is -2.22. The Morgan fingerprint density at radius 2 is 1.75 bits per heavy atom. The largest absolute Gasteiger partial charge is 0.434 e. The molecule has 0 aliphatic heterocycles.